The number of nitrogens with one attached hydrogen (secondary N) is 1. The first-order chi connectivity index (χ1) is 14.3. The van der Waals surface area contributed by atoms with Crippen LogP contribution in [0.15, 0.2) is 29.2 Å². The molecule has 1 fully saturated rings. The van der Waals surface area contributed by atoms with Gasteiger partial charge in [-0.3, -0.25) is 19.4 Å². The molecular formula is C22H28N6O2. The zero-order chi connectivity index (χ0) is 21.6. The first kappa shape index (κ1) is 20.3. The third-order valence-electron chi connectivity index (χ3n) is 5.70. The molecule has 3 aromatic heterocycles. The normalized spacial score (nSPS) is 15.4. The molecule has 8 nitrogen and oxygen atoms in total. The molecule has 1 aliphatic rings. The third-order valence-corrected chi connectivity index (χ3v) is 5.70. The second-order valence-electron chi connectivity index (χ2n) is 8.55. The Labute approximate surface area is 174 Å². The summed E-state index contributed by atoms with van der Waals surface area (Å²) in [7, 11) is 2.03. The van der Waals surface area contributed by atoms with Crippen molar-refractivity contribution in [2.45, 2.75) is 27.3 Å². The summed E-state index contributed by atoms with van der Waals surface area (Å²) in [5, 5.41) is 9.17. The monoisotopic (exact) mass is 408 g/mol. The van der Waals surface area contributed by atoms with Crippen molar-refractivity contribution in [1.82, 2.24) is 23.8 Å². The summed E-state index contributed by atoms with van der Waals surface area (Å²) in [5.41, 5.74) is 2.08. The van der Waals surface area contributed by atoms with Crippen LogP contribution in [-0.4, -0.2) is 62.9 Å². The van der Waals surface area contributed by atoms with Gasteiger partial charge in [0.2, 0.25) is 0 Å². The lowest BCUT2D eigenvalue weighted by Gasteiger charge is -2.32. The number of rotatable bonds is 3. The lowest BCUT2D eigenvalue weighted by atomic mass is 10.1. The molecule has 1 saturated heterocycles. The van der Waals surface area contributed by atoms with Crippen LogP contribution in [-0.2, 0) is 6.54 Å². The Morgan fingerprint density at radius 2 is 1.90 bits per heavy atom. The molecule has 0 unspecified atom stereocenters. The summed E-state index contributed by atoms with van der Waals surface area (Å²) in [6, 6.07) is 5.29. The van der Waals surface area contributed by atoms with Gasteiger partial charge in [-0.05, 0) is 37.6 Å². The highest BCUT2D eigenvalue weighted by molar-refractivity contribution is 5.97. The van der Waals surface area contributed by atoms with Crippen molar-refractivity contribution in [3.8, 4) is 0 Å². The van der Waals surface area contributed by atoms with Crippen molar-refractivity contribution >= 4 is 22.6 Å². The third kappa shape index (κ3) is 3.41. The summed E-state index contributed by atoms with van der Waals surface area (Å²) in [5.74, 6) is 0.0367. The van der Waals surface area contributed by atoms with E-state index in [1.54, 1.807) is 21.7 Å². The van der Waals surface area contributed by atoms with Gasteiger partial charge in [0.15, 0.2) is 0 Å². The molecule has 30 heavy (non-hydrogen) atoms. The highest BCUT2D eigenvalue weighted by Crippen LogP contribution is 2.15. The molecule has 0 atom stereocenters. The van der Waals surface area contributed by atoms with Crippen molar-refractivity contribution in [2.75, 3.05) is 33.2 Å². The molecule has 0 aliphatic carbocycles. The maximum absolute atomic E-state index is 13.3. The van der Waals surface area contributed by atoms with Crippen molar-refractivity contribution in [2.24, 2.45) is 5.92 Å². The predicted octanol–water partition coefficient (Wildman–Crippen LogP) is 1.48. The van der Waals surface area contributed by atoms with E-state index in [4.69, 9.17) is 10.4 Å². The van der Waals surface area contributed by atoms with Gasteiger partial charge in [0.05, 0.1) is 10.9 Å². The lowest BCUT2D eigenvalue weighted by Crippen LogP contribution is -2.48. The van der Waals surface area contributed by atoms with E-state index in [0.717, 1.165) is 18.7 Å². The topological polar surface area (TPSA) is 86.7 Å². The highest BCUT2D eigenvalue weighted by atomic mass is 16.2. The van der Waals surface area contributed by atoms with Crippen molar-refractivity contribution in [1.29, 1.82) is 5.41 Å². The molecule has 4 rings (SSSR count). The van der Waals surface area contributed by atoms with E-state index < -0.39 is 0 Å². The van der Waals surface area contributed by atoms with E-state index in [-0.39, 0.29) is 28.4 Å². The number of pyridine rings is 2. The Morgan fingerprint density at radius 1 is 1.20 bits per heavy atom. The Kier molecular flexibility index (Phi) is 5.19. The van der Waals surface area contributed by atoms with Crippen LogP contribution in [0.2, 0.25) is 0 Å². The average molecular weight is 409 g/mol. The molecule has 3 aromatic rings. The van der Waals surface area contributed by atoms with Crippen LogP contribution in [0.3, 0.4) is 0 Å². The van der Waals surface area contributed by atoms with Crippen molar-refractivity contribution < 1.29 is 4.79 Å². The molecule has 1 amide bonds. The number of likely N-dealkylation sites (N-methyl/N-ethyl adjacent to an activating group) is 1. The average Bonchev–Trinajstić information content (AvgIpc) is 2.71. The van der Waals surface area contributed by atoms with E-state index in [0.29, 0.717) is 36.3 Å². The summed E-state index contributed by atoms with van der Waals surface area (Å²) in [6.45, 7) is 9.34. The van der Waals surface area contributed by atoms with E-state index in [9.17, 15) is 9.59 Å². The first-order valence-corrected chi connectivity index (χ1v) is 10.4. The molecule has 0 radical (unpaired) electrons. The minimum Gasteiger partial charge on any atom is -0.336 e. The molecule has 1 N–H and O–H groups in total. The van der Waals surface area contributed by atoms with Gasteiger partial charge < -0.3 is 14.4 Å². The van der Waals surface area contributed by atoms with Gasteiger partial charge in [-0.1, -0.05) is 19.9 Å². The molecule has 158 valence electrons. The zero-order valence-electron chi connectivity index (χ0n) is 18.0. The lowest BCUT2D eigenvalue weighted by molar-refractivity contribution is 0.0661. The first-order valence-electron chi connectivity index (χ1n) is 10.4. The highest BCUT2D eigenvalue weighted by Gasteiger charge is 2.24. The summed E-state index contributed by atoms with van der Waals surface area (Å²) < 4.78 is 3.24. The molecule has 0 saturated carbocycles. The van der Waals surface area contributed by atoms with Crippen LogP contribution in [0.25, 0.3) is 16.7 Å². The number of fused-ring (bicyclic) bond motifs is 2. The Hall–Kier alpha value is -3.00. The van der Waals surface area contributed by atoms with Gasteiger partial charge in [0, 0.05) is 38.9 Å². The van der Waals surface area contributed by atoms with Gasteiger partial charge in [0.25, 0.3) is 11.5 Å². The standard InChI is InChI=1S/C22H28N6O2/c1-14(2)13-28-18(23)16(21(29)26-10-8-25(4)9-11-26)12-17-20(28)24-19-15(3)6-5-7-27(19)22(17)30/h5-7,12,14,23H,8-11,13H2,1-4H3. The van der Waals surface area contributed by atoms with Gasteiger partial charge in [0.1, 0.15) is 16.8 Å². The fraction of sp³-hybridized carbons (Fsp3) is 0.455. The van der Waals surface area contributed by atoms with Crippen LogP contribution >= 0.6 is 0 Å². The minimum atomic E-state index is -0.219. The van der Waals surface area contributed by atoms with Crippen molar-refractivity contribution in [3.63, 3.8) is 0 Å². The Morgan fingerprint density at radius 3 is 2.57 bits per heavy atom. The molecule has 1 aliphatic heterocycles. The van der Waals surface area contributed by atoms with Crippen molar-refractivity contribution in [3.05, 3.63) is 51.4 Å². The number of aromatic nitrogens is 3. The Bertz CT molecular complexity index is 1250. The molecule has 0 spiro atoms. The second-order valence-corrected chi connectivity index (χ2v) is 8.55. The molecule has 0 bridgehead atoms. The van der Waals surface area contributed by atoms with Gasteiger partial charge in [-0.25, -0.2) is 4.98 Å². The number of carbonyl (C=O) groups excluding carboxylic acids is 1. The predicted molar refractivity (Wildman–Crippen MR) is 116 cm³/mol. The van der Waals surface area contributed by atoms with Crippen LogP contribution in [0.5, 0.6) is 0 Å². The van der Waals surface area contributed by atoms with Crippen LogP contribution in [0, 0.1) is 18.3 Å². The SMILES string of the molecule is Cc1cccn2c(=O)c3cc(C(=O)N4CCN(C)CC4)c(=N)n(CC(C)C)c3nc12. The van der Waals surface area contributed by atoms with E-state index in [1.165, 1.54) is 4.40 Å². The number of aryl methyl sites for hydroxylation is 1. The van der Waals surface area contributed by atoms with Gasteiger partial charge in [-0.2, -0.15) is 0 Å². The quantitative estimate of drug-likeness (QED) is 0.665. The van der Waals surface area contributed by atoms with Crippen LogP contribution < -0.4 is 11.0 Å². The number of piperazine rings is 1. The maximum atomic E-state index is 13.3. The zero-order valence-corrected chi connectivity index (χ0v) is 18.0. The van der Waals surface area contributed by atoms with E-state index in [1.807, 2.05) is 40.0 Å². The molecular weight excluding hydrogens is 380 g/mol. The summed E-state index contributed by atoms with van der Waals surface area (Å²) in [6.07, 6.45) is 1.69. The second kappa shape index (κ2) is 7.68. The number of carbonyl (C=O) groups is 1. The van der Waals surface area contributed by atoms with Gasteiger partial charge in [-0.15, -0.1) is 0 Å². The summed E-state index contributed by atoms with van der Waals surface area (Å²) in [4.78, 5) is 35.3. The maximum Gasteiger partial charge on any atom is 0.267 e. The fourth-order valence-electron chi connectivity index (χ4n) is 3.98. The molecule has 8 heteroatoms. The largest absolute Gasteiger partial charge is 0.336 e. The number of hydrogen-bond acceptors (Lipinski definition) is 5. The number of amides is 1. The summed E-state index contributed by atoms with van der Waals surface area (Å²) >= 11 is 0. The smallest absolute Gasteiger partial charge is 0.267 e. The van der Waals surface area contributed by atoms with Crippen LogP contribution in [0.1, 0.15) is 29.8 Å². The van der Waals surface area contributed by atoms with Gasteiger partial charge >= 0.3 is 0 Å². The van der Waals surface area contributed by atoms with E-state index in [2.05, 4.69) is 4.90 Å². The fourth-order valence-corrected chi connectivity index (χ4v) is 3.98. The number of hydrogen-bond donors (Lipinski definition) is 1. The van der Waals surface area contributed by atoms with E-state index >= 15 is 0 Å². The Balaban J connectivity index is 1.98. The molecule has 4 heterocycles. The molecule has 0 aromatic carbocycles. The van der Waals surface area contributed by atoms with Crippen LogP contribution in [0.4, 0.5) is 0 Å². The minimum absolute atomic E-state index is 0.116. The number of nitrogens with zero attached hydrogens (tertiary/aromatic N) is 5.